The van der Waals surface area contributed by atoms with E-state index in [2.05, 4.69) is 78.6 Å². The van der Waals surface area contributed by atoms with Crippen LogP contribution in [-0.4, -0.2) is 70.5 Å². The van der Waals surface area contributed by atoms with Gasteiger partial charge in [-0.25, -0.2) is 0 Å². The Kier molecular flexibility index (Phi) is 10.7. The summed E-state index contributed by atoms with van der Waals surface area (Å²) in [5, 5.41) is 0. The zero-order valence-electron chi connectivity index (χ0n) is 20.2. The Morgan fingerprint density at radius 2 is 1.07 bits per heavy atom. The normalized spacial score (nSPS) is 18.5. The summed E-state index contributed by atoms with van der Waals surface area (Å²) in [6.07, 6.45) is -0.558. The number of aldehydes is 1. The average Bonchev–Trinajstić information content (AvgIpc) is 2.42. The Balaban J connectivity index is 6.09. The Morgan fingerprint density at radius 3 is 1.39 bits per heavy atom. The molecular weight excluding hydrogens is 423 g/mol. The fourth-order valence-corrected chi connectivity index (χ4v) is 6.58. The van der Waals surface area contributed by atoms with Crippen molar-refractivity contribution < 1.29 is 22.5 Å². The van der Waals surface area contributed by atoms with E-state index in [1.54, 1.807) is 0 Å². The monoisotopic (exact) mass is 467 g/mol. The van der Waals surface area contributed by atoms with Crippen LogP contribution in [0.1, 0.15) is 0 Å². The summed E-state index contributed by atoms with van der Waals surface area (Å²) in [6, 6.07) is -0.771. The molecule has 0 fully saturated rings. The molecule has 6 nitrogen and oxygen atoms in total. The van der Waals surface area contributed by atoms with Gasteiger partial charge < -0.3 is 28.2 Å². The molecule has 28 heavy (non-hydrogen) atoms. The first kappa shape index (κ1) is 28.3. The first-order chi connectivity index (χ1) is 12.2. The van der Waals surface area contributed by atoms with Gasteiger partial charge in [0, 0.05) is 0 Å². The third kappa shape index (κ3) is 13.5. The van der Waals surface area contributed by atoms with Crippen LogP contribution in [-0.2, 0) is 22.5 Å². The number of hydrogen-bond acceptors (Lipinski definition) is 6. The molecule has 0 radical (unpaired) electrons. The quantitative estimate of drug-likeness (QED) is 0.325. The Bertz CT molecular complexity index is 480. The molecule has 0 aliphatic heterocycles. The molecule has 0 saturated heterocycles. The van der Waals surface area contributed by atoms with Crippen molar-refractivity contribution in [2.24, 2.45) is 5.73 Å². The molecule has 0 aromatic rings. The SMILES string of the molecule is C[Si](C)(C)OC[C@@H](O[Si](C)(C)C)[C@H](O[Si](C)(C)C)[C@H](O[Si](C)(C)C)[C@@H](N)C=O. The number of rotatable bonds is 13. The summed E-state index contributed by atoms with van der Waals surface area (Å²) in [7, 11) is -7.62. The van der Waals surface area contributed by atoms with Gasteiger partial charge in [0.05, 0.1) is 31.0 Å². The maximum absolute atomic E-state index is 11.6. The molecule has 0 aromatic heterocycles. The van der Waals surface area contributed by atoms with E-state index in [-0.39, 0.29) is 6.10 Å². The van der Waals surface area contributed by atoms with Gasteiger partial charge in [0.15, 0.2) is 33.3 Å². The second-order valence-electron chi connectivity index (χ2n) is 11.3. The molecule has 0 rings (SSSR count). The van der Waals surface area contributed by atoms with E-state index < -0.39 is 51.5 Å². The third-order valence-corrected chi connectivity index (χ3v) is 7.39. The highest BCUT2D eigenvalue weighted by atomic mass is 28.4. The number of hydrogen-bond donors (Lipinski definition) is 1. The molecule has 0 spiro atoms. The van der Waals surface area contributed by atoms with Crippen LogP contribution in [0.25, 0.3) is 0 Å². The zero-order valence-corrected chi connectivity index (χ0v) is 24.2. The summed E-state index contributed by atoms with van der Waals surface area (Å²) < 4.78 is 25.7. The summed E-state index contributed by atoms with van der Waals surface area (Å²) >= 11 is 0. The van der Waals surface area contributed by atoms with E-state index in [0.29, 0.717) is 6.61 Å². The Hall–Kier alpha value is 0.338. The molecule has 0 aliphatic rings. The van der Waals surface area contributed by atoms with Crippen LogP contribution in [0.2, 0.25) is 78.6 Å². The van der Waals surface area contributed by atoms with Crippen LogP contribution in [0, 0.1) is 0 Å². The van der Waals surface area contributed by atoms with Crippen molar-refractivity contribution in [2.75, 3.05) is 6.61 Å². The summed E-state index contributed by atoms with van der Waals surface area (Å²) in [4.78, 5) is 11.6. The molecule has 2 N–H and O–H groups in total. The van der Waals surface area contributed by atoms with Gasteiger partial charge in [-0.1, -0.05) is 0 Å². The molecule has 10 heteroatoms. The number of nitrogens with two attached hydrogens (primary N) is 1. The van der Waals surface area contributed by atoms with Gasteiger partial charge in [0.2, 0.25) is 0 Å². The van der Waals surface area contributed by atoms with Crippen molar-refractivity contribution >= 4 is 39.6 Å². The van der Waals surface area contributed by atoms with Crippen molar-refractivity contribution in [1.29, 1.82) is 0 Å². The van der Waals surface area contributed by atoms with E-state index in [1.807, 2.05) is 0 Å². The van der Waals surface area contributed by atoms with Gasteiger partial charge in [0.25, 0.3) is 0 Å². The lowest BCUT2D eigenvalue weighted by Crippen LogP contribution is -2.60. The lowest BCUT2D eigenvalue weighted by molar-refractivity contribution is -0.114. The highest BCUT2D eigenvalue weighted by Crippen LogP contribution is 2.25. The summed E-state index contributed by atoms with van der Waals surface area (Å²) in [6.45, 7) is 26.0. The van der Waals surface area contributed by atoms with E-state index in [0.717, 1.165) is 6.29 Å². The molecule has 4 atom stereocenters. The van der Waals surface area contributed by atoms with Crippen LogP contribution in [0.4, 0.5) is 0 Å². The van der Waals surface area contributed by atoms with E-state index >= 15 is 0 Å². The maximum atomic E-state index is 11.6. The van der Waals surface area contributed by atoms with Crippen LogP contribution >= 0.6 is 0 Å². The van der Waals surface area contributed by atoms with Crippen LogP contribution < -0.4 is 5.73 Å². The van der Waals surface area contributed by atoms with Gasteiger partial charge in [-0.2, -0.15) is 0 Å². The zero-order chi connectivity index (χ0) is 22.6. The second kappa shape index (κ2) is 10.6. The topological polar surface area (TPSA) is 80.0 Å². The molecule has 0 amide bonds. The van der Waals surface area contributed by atoms with E-state index in [4.69, 9.17) is 23.4 Å². The van der Waals surface area contributed by atoms with Crippen molar-refractivity contribution in [3.8, 4) is 0 Å². The lowest BCUT2D eigenvalue weighted by atomic mass is 10.0. The Labute approximate surface area is 177 Å². The van der Waals surface area contributed by atoms with Crippen molar-refractivity contribution in [2.45, 2.75) is 103 Å². The largest absolute Gasteiger partial charge is 0.415 e. The minimum Gasteiger partial charge on any atom is -0.415 e. The molecule has 0 aromatic carbocycles. The first-order valence-corrected chi connectivity index (χ1v) is 23.8. The van der Waals surface area contributed by atoms with Gasteiger partial charge >= 0.3 is 0 Å². The predicted molar refractivity (Wildman–Crippen MR) is 128 cm³/mol. The highest BCUT2D eigenvalue weighted by Gasteiger charge is 2.42. The van der Waals surface area contributed by atoms with Crippen molar-refractivity contribution in [1.82, 2.24) is 0 Å². The minimum atomic E-state index is -1.98. The molecule has 0 unspecified atom stereocenters. The average molecular weight is 468 g/mol. The molecule has 0 aliphatic carbocycles. The molecule has 0 heterocycles. The van der Waals surface area contributed by atoms with Gasteiger partial charge in [0.1, 0.15) is 6.29 Å². The first-order valence-electron chi connectivity index (χ1n) is 10.1. The van der Waals surface area contributed by atoms with Crippen molar-refractivity contribution in [3.05, 3.63) is 0 Å². The molecule has 168 valence electrons. The summed E-state index contributed by atoms with van der Waals surface area (Å²) in [5.41, 5.74) is 6.22. The second-order valence-corrected chi connectivity index (χ2v) is 29.2. The molecular formula is C18H45NO5Si4. The fraction of sp³-hybridized carbons (Fsp3) is 0.944. The fourth-order valence-electron chi connectivity index (χ4n) is 2.60. The third-order valence-electron chi connectivity index (χ3n) is 3.39. The van der Waals surface area contributed by atoms with Gasteiger partial charge in [-0.3, -0.25) is 0 Å². The Morgan fingerprint density at radius 1 is 0.679 bits per heavy atom. The predicted octanol–water partition coefficient (Wildman–Crippen LogP) is 4.02. The molecule has 0 bridgehead atoms. The smallest absolute Gasteiger partial charge is 0.184 e. The number of carbonyl (C=O) groups is 1. The standard InChI is InChI=1S/C18H45NO5Si4/c1-25(2,3)21-14-16(22-26(4,5)6)18(24-28(10,11)12)17(15(19)13-20)23-27(7,8)9/h13,15-18H,14,19H2,1-12H3/t15-,16+,17+,18-/m0/s1. The molecule has 0 saturated carbocycles. The lowest BCUT2D eigenvalue weighted by Gasteiger charge is -2.43. The highest BCUT2D eigenvalue weighted by molar-refractivity contribution is 6.71. The number of carbonyl (C=O) groups excluding carboxylic acids is 1. The van der Waals surface area contributed by atoms with Crippen LogP contribution in [0.3, 0.4) is 0 Å². The van der Waals surface area contributed by atoms with Crippen LogP contribution in [0.5, 0.6) is 0 Å². The van der Waals surface area contributed by atoms with Crippen LogP contribution in [0.15, 0.2) is 0 Å². The van der Waals surface area contributed by atoms with E-state index in [1.165, 1.54) is 0 Å². The van der Waals surface area contributed by atoms with Crippen molar-refractivity contribution in [3.63, 3.8) is 0 Å². The maximum Gasteiger partial charge on any atom is 0.184 e. The van der Waals surface area contributed by atoms with Gasteiger partial charge in [-0.05, 0) is 78.6 Å². The summed E-state index contributed by atoms with van der Waals surface area (Å²) in [5.74, 6) is 0. The minimum absolute atomic E-state index is 0.322. The van der Waals surface area contributed by atoms with Gasteiger partial charge in [-0.15, -0.1) is 0 Å². The van der Waals surface area contributed by atoms with E-state index in [9.17, 15) is 4.79 Å².